The molecular weight excluding hydrogens is 768 g/mol. The summed E-state index contributed by atoms with van der Waals surface area (Å²) in [5, 5.41) is 20.4. The van der Waals surface area contributed by atoms with Gasteiger partial charge in [-0.05, 0) is 60.7 Å². The Labute approximate surface area is 354 Å². The first-order chi connectivity index (χ1) is 27.3. The van der Waals surface area contributed by atoms with Gasteiger partial charge in [-0.15, -0.1) is 69.1 Å². The Hall–Kier alpha value is -5.17. The fourth-order valence-electron chi connectivity index (χ4n) is 7.76. The molecule has 57 heavy (non-hydrogen) atoms. The Balaban J connectivity index is 0.000000143. The summed E-state index contributed by atoms with van der Waals surface area (Å²) >= 11 is 1.30. The van der Waals surface area contributed by atoms with Crippen molar-refractivity contribution in [3.8, 4) is 28.0 Å². The van der Waals surface area contributed by atoms with Gasteiger partial charge in [0.25, 0.3) is 0 Å². The second kappa shape index (κ2) is 17.5. The third-order valence-electron chi connectivity index (χ3n) is 10.6. The molecule has 9 aromatic rings. The van der Waals surface area contributed by atoms with E-state index in [0.717, 1.165) is 5.56 Å². The van der Waals surface area contributed by atoms with Crippen molar-refractivity contribution in [1.29, 1.82) is 0 Å². The van der Waals surface area contributed by atoms with E-state index >= 15 is 0 Å². The topological polar surface area (TPSA) is 20.2 Å². The van der Waals surface area contributed by atoms with Crippen molar-refractivity contribution in [2.45, 2.75) is 66.2 Å². The standard InChI is InChI=1S/2C20H15.C14H22O.CH2.Zr/c2*1-14-12-16-8-5-11-19(20(16)13-14)18-10-4-7-15-6-2-3-9-17(15)18;1-13(2,3)10-7-8-12(15)11(9-10)14(4,5)6;;/h2*2-13H,1H3;7-9,15H,1-6H3;1H2;/q2*-1;;;+2. The van der Waals surface area contributed by atoms with Gasteiger partial charge in [0.15, 0.2) is 0 Å². The van der Waals surface area contributed by atoms with Crippen molar-refractivity contribution < 1.29 is 29.3 Å². The van der Waals surface area contributed by atoms with Crippen molar-refractivity contribution in [3.63, 3.8) is 0 Å². The minimum absolute atomic E-state index is 0.00859. The van der Waals surface area contributed by atoms with Gasteiger partial charge in [-0.3, -0.25) is 0 Å². The summed E-state index contributed by atoms with van der Waals surface area (Å²) in [6.45, 7) is 17.2. The van der Waals surface area contributed by atoms with Crippen LogP contribution in [0.5, 0.6) is 5.75 Å². The number of aryl methyl sites for hydroxylation is 2. The van der Waals surface area contributed by atoms with Crippen LogP contribution >= 0.6 is 0 Å². The van der Waals surface area contributed by atoms with Crippen LogP contribution in [0.1, 0.15) is 63.8 Å². The Morgan fingerprint density at radius 3 is 1.25 bits per heavy atom. The fraction of sp³-hybridized carbons (Fsp3) is 0.182. The van der Waals surface area contributed by atoms with Crippen LogP contribution in [0, 0.1) is 13.8 Å². The molecule has 0 fully saturated rings. The molecule has 0 heterocycles. The van der Waals surface area contributed by atoms with E-state index in [1.54, 1.807) is 6.07 Å². The van der Waals surface area contributed by atoms with Gasteiger partial charge in [0.2, 0.25) is 0 Å². The molecule has 0 unspecified atom stereocenters. The number of hydrogen-bond donors (Lipinski definition) is 1. The molecule has 284 valence electrons. The van der Waals surface area contributed by atoms with E-state index in [2.05, 4.69) is 211 Å². The minimum atomic E-state index is -0.00859. The van der Waals surface area contributed by atoms with Crippen LogP contribution in [0.4, 0.5) is 0 Å². The van der Waals surface area contributed by atoms with E-state index in [1.807, 2.05) is 6.07 Å². The van der Waals surface area contributed by atoms with Gasteiger partial charge in [-0.2, -0.15) is 12.1 Å². The van der Waals surface area contributed by atoms with Crippen LogP contribution in [-0.4, -0.2) is 9.32 Å². The molecule has 0 aromatic heterocycles. The number of phenolic OH excluding ortho intramolecular Hbond substituents is 1. The maximum absolute atomic E-state index is 9.84. The van der Waals surface area contributed by atoms with Gasteiger partial charge >= 0.3 is 28.4 Å². The molecule has 0 bridgehead atoms. The third kappa shape index (κ3) is 9.35. The van der Waals surface area contributed by atoms with E-state index in [1.165, 1.54) is 106 Å². The molecule has 1 N–H and O–H groups in total. The van der Waals surface area contributed by atoms with Crippen molar-refractivity contribution >= 4 is 47.3 Å². The summed E-state index contributed by atoms with van der Waals surface area (Å²) in [5.74, 6) is 0.399. The first-order valence-electron chi connectivity index (χ1n) is 19.8. The van der Waals surface area contributed by atoms with Gasteiger partial charge in [0, 0.05) is 0 Å². The van der Waals surface area contributed by atoms with E-state index in [4.69, 9.17) is 0 Å². The Kier molecular flexibility index (Phi) is 12.8. The molecule has 0 aliphatic carbocycles. The summed E-state index contributed by atoms with van der Waals surface area (Å²) in [6.07, 6.45) is 0. The van der Waals surface area contributed by atoms with E-state index in [0.29, 0.717) is 5.75 Å². The number of aromatic hydroxyl groups is 1. The van der Waals surface area contributed by atoms with E-state index < -0.39 is 0 Å². The second-order valence-corrected chi connectivity index (χ2v) is 17.0. The maximum atomic E-state index is 9.84. The van der Waals surface area contributed by atoms with Gasteiger partial charge in [-0.25, -0.2) is 0 Å². The van der Waals surface area contributed by atoms with Gasteiger partial charge in [0.05, 0.1) is 0 Å². The molecule has 2 heteroatoms. The summed E-state index contributed by atoms with van der Waals surface area (Å²) in [5.41, 5.74) is 10.4. The predicted octanol–water partition coefficient (Wildman–Crippen LogP) is 15.3. The van der Waals surface area contributed by atoms with Crippen molar-refractivity contribution in [2.75, 3.05) is 0 Å². The molecule has 0 amide bonds. The zero-order valence-corrected chi connectivity index (χ0v) is 37.2. The Bertz CT molecular complexity index is 2610. The van der Waals surface area contributed by atoms with Crippen LogP contribution in [0.15, 0.2) is 164 Å². The van der Waals surface area contributed by atoms with Crippen LogP contribution in [0.25, 0.3) is 65.3 Å². The molecule has 0 spiro atoms. The van der Waals surface area contributed by atoms with Gasteiger partial charge in [-0.1, -0.05) is 176 Å². The Morgan fingerprint density at radius 2 is 0.825 bits per heavy atom. The summed E-state index contributed by atoms with van der Waals surface area (Å²) in [4.78, 5) is 0. The zero-order valence-electron chi connectivity index (χ0n) is 34.7. The summed E-state index contributed by atoms with van der Waals surface area (Å²) < 4.78 is 3.34. The molecule has 0 saturated heterocycles. The predicted molar refractivity (Wildman–Crippen MR) is 247 cm³/mol. The van der Waals surface area contributed by atoms with Gasteiger partial charge < -0.3 is 5.11 Å². The molecular formula is C55H54OZr. The molecule has 9 rings (SSSR count). The van der Waals surface area contributed by atoms with E-state index in [-0.39, 0.29) is 10.8 Å². The van der Waals surface area contributed by atoms with Crippen LogP contribution in [0.2, 0.25) is 0 Å². The average molecular weight is 822 g/mol. The normalized spacial score (nSPS) is 11.4. The average Bonchev–Trinajstić information content (AvgIpc) is 3.79. The molecule has 0 aliphatic heterocycles. The molecule has 1 nitrogen and oxygen atoms in total. The molecule has 0 saturated carbocycles. The van der Waals surface area contributed by atoms with Crippen LogP contribution in [0.3, 0.4) is 0 Å². The Morgan fingerprint density at radius 1 is 0.439 bits per heavy atom. The third-order valence-corrected chi connectivity index (χ3v) is 10.6. The molecule has 0 atom stereocenters. The number of rotatable bonds is 2. The fourth-order valence-corrected chi connectivity index (χ4v) is 7.76. The number of hydrogen-bond acceptors (Lipinski definition) is 1. The second-order valence-electron chi connectivity index (χ2n) is 17.0. The van der Waals surface area contributed by atoms with Crippen molar-refractivity contribution in [2.24, 2.45) is 0 Å². The number of benzene rings is 7. The summed E-state index contributed by atoms with van der Waals surface area (Å²) in [6, 6.07) is 58.4. The molecule has 9 aromatic carbocycles. The van der Waals surface area contributed by atoms with Crippen molar-refractivity contribution in [1.82, 2.24) is 0 Å². The molecule has 0 aliphatic rings. The first-order valence-corrected chi connectivity index (χ1v) is 21.5. The zero-order chi connectivity index (χ0) is 40.9. The van der Waals surface area contributed by atoms with E-state index in [9.17, 15) is 5.11 Å². The van der Waals surface area contributed by atoms with Crippen LogP contribution in [-0.2, 0) is 35.1 Å². The van der Waals surface area contributed by atoms with Gasteiger partial charge in [0.1, 0.15) is 5.75 Å². The summed E-state index contributed by atoms with van der Waals surface area (Å²) in [7, 11) is 0. The monoisotopic (exact) mass is 820 g/mol. The number of fused-ring (bicyclic) bond motifs is 4. The molecule has 0 radical (unpaired) electrons. The van der Waals surface area contributed by atoms with Crippen molar-refractivity contribution in [3.05, 3.63) is 186 Å². The van der Waals surface area contributed by atoms with Crippen LogP contribution < -0.4 is 0 Å². The first kappa shape index (κ1) is 41.5. The number of phenols is 1. The SMILES string of the molecule is CC(C)(C)c1ccc(O)c(C(C)(C)C)c1.Cc1cc2c(-c3cccc4ccccc34)cccc2[cH-]1.Cc1cc2c(-c3cccc4ccccc34)cccc2[cH-]1.[CH2]=[Zr+2]. The quantitative estimate of drug-likeness (QED) is 0.172.